The highest BCUT2D eigenvalue weighted by atomic mass is 32.1. The average molecular weight is 658 g/mol. The molecule has 4 heteroatoms. The molecule has 0 N–H and O–H groups in total. The van der Waals surface area contributed by atoms with Gasteiger partial charge in [0.2, 0.25) is 0 Å². The van der Waals surface area contributed by atoms with Crippen LogP contribution < -0.4 is 0 Å². The summed E-state index contributed by atoms with van der Waals surface area (Å²) in [7, 11) is 0. The van der Waals surface area contributed by atoms with E-state index < -0.39 is 0 Å². The summed E-state index contributed by atoms with van der Waals surface area (Å²) in [6, 6.07) is 53.2. The maximum absolute atomic E-state index is 4.97. The van der Waals surface area contributed by atoms with Crippen LogP contribution in [0.4, 0.5) is 0 Å². The Kier molecular flexibility index (Phi) is 7.77. The average Bonchev–Trinajstić information content (AvgIpc) is 3.39. The first-order chi connectivity index (χ1) is 24.8. The molecule has 1 aliphatic carbocycles. The molecule has 0 radical (unpaired) electrons. The van der Waals surface area contributed by atoms with Crippen molar-refractivity contribution >= 4 is 42.7 Å². The monoisotopic (exact) mass is 657 g/mol. The van der Waals surface area contributed by atoms with Gasteiger partial charge in [0.05, 0.1) is 0 Å². The van der Waals surface area contributed by atoms with Crippen LogP contribution in [0.15, 0.2) is 176 Å². The molecule has 3 nitrogen and oxygen atoms in total. The van der Waals surface area contributed by atoms with E-state index in [1.54, 1.807) is 0 Å². The zero-order valence-corrected chi connectivity index (χ0v) is 28.0. The van der Waals surface area contributed by atoms with Crippen molar-refractivity contribution in [2.45, 2.75) is 6.42 Å². The number of fused-ring (bicyclic) bond motifs is 3. The molecule has 6 aromatic carbocycles. The third kappa shape index (κ3) is 5.76. The van der Waals surface area contributed by atoms with Crippen LogP contribution in [-0.2, 0) is 0 Å². The van der Waals surface area contributed by atoms with Crippen molar-refractivity contribution < 1.29 is 0 Å². The Hall–Kier alpha value is -6.23. The number of hydrogen-bond donors (Lipinski definition) is 0. The molecule has 8 aromatic rings. The van der Waals surface area contributed by atoms with Crippen molar-refractivity contribution in [3.8, 4) is 45.0 Å². The van der Waals surface area contributed by atoms with Crippen LogP contribution in [0.5, 0.6) is 0 Å². The number of allylic oxidation sites excluding steroid dienone is 6. The third-order valence-electron chi connectivity index (χ3n) is 9.21. The van der Waals surface area contributed by atoms with E-state index in [9.17, 15) is 0 Å². The molecule has 0 spiro atoms. The summed E-state index contributed by atoms with van der Waals surface area (Å²) < 4.78 is 2.58. The fraction of sp³-hybridized carbons (Fsp3) is 0.0217. The van der Waals surface area contributed by atoms with Gasteiger partial charge in [-0.25, -0.2) is 15.0 Å². The van der Waals surface area contributed by atoms with Gasteiger partial charge in [-0.05, 0) is 58.0 Å². The van der Waals surface area contributed by atoms with E-state index in [-0.39, 0.29) is 0 Å². The normalized spacial score (nSPS) is 12.9. The Morgan fingerprint density at radius 2 is 0.920 bits per heavy atom. The molecule has 0 atom stereocenters. The lowest BCUT2D eigenvalue weighted by atomic mass is 9.96. The van der Waals surface area contributed by atoms with Crippen LogP contribution in [-0.4, -0.2) is 15.0 Å². The summed E-state index contributed by atoms with van der Waals surface area (Å²) in [5.41, 5.74) is 10.2. The first-order valence-corrected chi connectivity index (χ1v) is 17.7. The second-order valence-electron chi connectivity index (χ2n) is 12.4. The van der Waals surface area contributed by atoms with Crippen molar-refractivity contribution in [3.63, 3.8) is 0 Å². The Labute approximate surface area is 295 Å². The predicted octanol–water partition coefficient (Wildman–Crippen LogP) is 12.3. The van der Waals surface area contributed by atoms with Crippen LogP contribution in [0.1, 0.15) is 17.8 Å². The molecule has 0 bridgehead atoms. The fourth-order valence-corrected chi connectivity index (χ4v) is 7.78. The molecule has 236 valence electrons. The van der Waals surface area contributed by atoms with E-state index in [1.165, 1.54) is 53.6 Å². The minimum Gasteiger partial charge on any atom is -0.208 e. The van der Waals surface area contributed by atoms with E-state index in [2.05, 4.69) is 115 Å². The Balaban J connectivity index is 1.08. The number of rotatable bonds is 6. The molecule has 0 unspecified atom stereocenters. The highest BCUT2D eigenvalue weighted by molar-refractivity contribution is 7.25. The van der Waals surface area contributed by atoms with E-state index in [1.807, 2.05) is 72.0 Å². The maximum atomic E-state index is 4.97. The van der Waals surface area contributed by atoms with Gasteiger partial charge >= 0.3 is 0 Å². The van der Waals surface area contributed by atoms with Gasteiger partial charge in [-0.3, -0.25) is 0 Å². The first kappa shape index (κ1) is 29.9. The van der Waals surface area contributed by atoms with Crippen LogP contribution in [0.2, 0.25) is 0 Å². The summed E-state index contributed by atoms with van der Waals surface area (Å²) >= 11 is 1.85. The molecule has 0 aliphatic heterocycles. The summed E-state index contributed by atoms with van der Waals surface area (Å²) in [6.07, 6.45) is 9.67. The third-order valence-corrected chi connectivity index (χ3v) is 10.3. The number of aromatic nitrogens is 3. The lowest BCUT2D eigenvalue weighted by Gasteiger charge is -2.09. The van der Waals surface area contributed by atoms with Crippen LogP contribution in [0.3, 0.4) is 0 Å². The number of benzene rings is 6. The van der Waals surface area contributed by atoms with E-state index in [4.69, 9.17) is 15.0 Å². The summed E-state index contributed by atoms with van der Waals surface area (Å²) in [4.78, 5) is 14.8. The molecule has 0 fully saturated rings. The molecule has 2 aromatic heterocycles. The van der Waals surface area contributed by atoms with Gasteiger partial charge in [-0.15, -0.1) is 11.3 Å². The largest absolute Gasteiger partial charge is 0.208 e. The van der Waals surface area contributed by atoms with Crippen molar-refractivity contribution in [2.75, 3.05) is 0 Å². The predicted molar refractivity (Wildman–Crippen MR) is 211 cm³/mol. The van der Waals surface area contributed by atoms with Gasteiger partial charge in [0.1, 0.15) is 0 Å². The molecule has 0 amide bonds. The highest BCUT2D eigenvalue weighted by Gasteiger charge is 2.16. The lowest BCUT2D eigenvalue weighted by Crippen LogP contribution is -2.02. The molecule has 1 aliphatic rings. The van der Waals surface area contributed by atoms with Gasteiger partial charge < -0.3 is 0 Å². The van der Waals surface area contributed by atoms with E-state index in [0.717, 1.165) is 23.1 Å². The van der Waals surface area contributed by atoms with E-state index >= 15 is 0 Å². The van der Waals surface area contributed by atoms with Gasteiger partial charge in [-0.2, -0.15) is 0 Å². The zero-order valence-electron chi connectivity index (χ0n) is 27.2. The summed E-state index contributed by atoms with van der Waals surface area (Å²) in [5.74, 6) is 2.01. The van der Waals surface area contributed by atoms with Crippen molar-refractivity contribution in [1.29, 1.82) is 0 Å². The Bertz CT molecular complexity index is 2520. The number of thiophene rings is 1. The second kappa shape index (κ2) is 13.0. The molecular weight excluding hydrogens is 627 g/mol. The van der Waals surface area contributed by atoms with Crippen LogP contribution in [0.25, 0.3) is 76.3 Å². The molecule has 0 saturated carbocycles. The SMILES string of the molecule is C1=CC(c2cccc3sc4ccc(-c5ccc(-c6ccccc6)cc5)cc4c23)=CCC=C1c1nc(-c2ccccc2)nc(-c2ccccc2)n1. The Morgan fingerprint density at radius 1 is 0.400 bits per heavy atom. The molecule has 2 heterocycles. The molecular formula is C46H31N3S. The minimum atomic E-state index is 0.668. The molecule has 0 saturated heterocycles. The van der Waals surface area contributed by atoms with Gasteiger partial charge in [-0.1, -0.05) is 158 Å². The minimum absolute atomic E-state index is 0.668. The van der Waals surface area contributed by atoms with Crippen molar-refractivity contribution in [3.05, 3.63) is 187 Å². The zero-order chi connectivity index (χ0) is 33.3. The topological polar surface area (TPSA) is 38.7 Å². The molecule has 9 rings (SSSR count). The highest BCUT2D eigenvalue weighted by Crippen LogP contribution is 2.41. The number of hydrogen-bond acceptors (Lipinski definition) is 4. The molecule has 50 heavy (non-hydrogen) atoms. The fourth-order valence-electron chi connectivity index (χ4n) is 6.66. The second-order valence-corrected chi connectivity index (χ2v) is 13.4. The van der Waals surface area contributed by atoms with Crippen LogP contribution >= 0.6 is 11.3 Å². The van der Waals surface area contributed by atoms with Crippen LogP contribution in [0, 0.1) is 0 Å². The van der Waals surface area contributed by atoms with Crippen molar-refractivity contribution in [1.82, 2.24) is 15.0 Å². The quantitative estimate of drug-likeness (QED) is 0.179. The lowest BCUT2D eigenvalue weighted by molar-refractivity contribution is 1.04. The summed E-state index contributed by atoms with van der Waals surface area (Å²) in [5, 5.41) is 2.59. The van der Waals surface area contributed by atoms with Gasteiger partial charge in [0.25, 0.3) is 0 Å². The Morgan fingerprint density at radius 3 is 1.58 bits per heavy atom. The van der Waals surface area contributed by atoms with Gasteiger partial charge in [0, 0.05) is 36.9 Å². The summed E-state index contributed by atoms with van der Waals surface area (Å²) in [6.45, 7) is 0. The van der Waals surface area contributed by atoms with E-state index in [0.29, 0.717) is 17.5 Å². The van der Waals surface area contributed by atoms with Gasteiger partial charge in [0.15, 0.2) is 17.5 Å². The smallest absolute Gasteiger partial charge is 0.164 e. The first-order valence-electron chi connectivity index (χ1n) is 16.8. The maximum Gasteiger partial charge on any atom is 0.164 e. The van der Waals surface area contributed by atoms with Crippen molar-refractivity contribution in [2.24, 2.45) is 0 Å². The standard InChI is InChI=1S/C46H31N3S/c1-4-12-31(13-5-1)32-22-24-33(25-23-32)38-28-29-41-40(30-38)43-39(20-11-21-42(43)50-41)34-18-10-19-37(27-26-34)46-48-44(35-14-6-2-7-15-35)47-45(49-46)36-16-8-3-9-17-36/h1-9,11-30H,10H2. The number of nitrogens with zero attached hydrogens (tertiary/aromatic N) is 3.